The summed E-state index contributed by atoms with van der Waals surface area (Å²) < 4.78 is 48.1. The van der Waals surface area contributed by atoms with Crippen LogP contribution in [0, 0.1) is 25.2 Å². The SMILES string of the molecule is C=C(/C=C\CC)N(C(=C)/C=C\C(C)CNC(C)=NC(C)=N)c1ccc(C(F)(F)F)cc1-c1cc(-n2c3ccccc3c3cc(-c4nc(C)nc(C)n4)ccc32)ccc1-c1nc(-c2ccccc2)nc(-c2ccccc2)n1. The Morgan fingerprint density at radius 3 is 1.91 bits per heavy atom. The van der Waals surface area contributed by atoms with Gasteiger partial charge in [-0.2, -0.15) is 13.2 Å². The maximum absolute atomic E-state index is 15.3. The van der Waals surface area contributed by atoms with Crippen molar-refractivity contribution >= 4 is 39.2 Å². The molecule has 0 amide bonds. The zero-order chi connectivity index (χ0) is 53.7. The molecule has 0 saturated heterocycles. The van der Waals surface area contributed by atoms with Gasteiger partial charge in [-0.3, -0.25) is 5.41 Å². The molecule has 6 aromatic carbocycles. The molecule has 9 aromatic rings. The maximum Gasteiger partial charge on any atom is 0.416 e. The molecule has 0 spiro atoms. The number of alkyl halides is 3. The molecule has 76 heavy (non-hydrogen) atoms. The second-order valence-electron chi connectivity index (χ2n) is 18.5. The van der Waals surface area contributed by atoms with E-state index in [1.54, 1.807) is 18.7 Å². The van der Waals surface area contributed by atoms with Gasteiger partial charge in [0.2, 0.25) is 0 Å². The van der Waals surface area contributed by atoms with Crippen LogP contribution in [-0.4, -0.2) is 52.7 Å². The normalized spacial score (nSPS) is 12.5. The first-order valence-electron chi connectivity index (χ1n) is 24.9. The summed E-state index contributed by atoms with van der Waals surface area (Å²) in [5, 5.41) is 12.9. The van der Waals surface area contributed by atoms with Crippen LogP contribution in [0.3, 0.4) is 0 Å². The summed E-state index contributed by atoms with van der Waals surface area (Å²) >= 11 is 0. The molecule has 1 atom stereocenters. The summed E-state index contributed by atoms with van der Waals surface area (Å²) in [6.07, 6.45) is 3.57. The average Bonchev–Trinajstić information content (AvgIpc) is 3.83. The van der Waals surface area contributed by atoms with Crippen LogP contribution >= 0.6 is 0 Å². The van der Waals surface area contributed by atoms with Gasteiger partial charge < -0.3 is 14.8 Å². The minimum Gasteiger partial charge on any atom is -0.373 e. The molecule has 380 valence electrons. The van der Waals surface area contributed by atoms with E-state index in [1.807, 2.05) is 161 Å². The number of hydrogen-bond acceptors (Lipinski definition) is 8. The van der Waals surface area contributed by atoms with E-state index in [2.05, 4.69) is 55.1 Å². The molecule has 9 rings (SSSR count). The molecule has 0 radical (unpaired) electrons. The Bertz CT molecular complexity index is 3680. The third-order valence-corrected chi connectivity index (χ3v) is 12.6. The summed E-state index contributed by atoms with van der Waals surface area (Å²) in [5.74, 6) is 3.56. The molecular weight excluding hydrogens is 956 g/mol. The number of anilines is 1. The van der Waals surface area contributed by atoms with Gasteiger partial charge in [0.15, 0.2) is 23.3 Å². The van der Waals surface area contributed by atoms with Crippen molar-refractivity contribution in [1.82, 2.24) is 39.8 Å². The van der Waals surface area contributed by atoms with Crippen LogP contribution in [0.15, 0.2) is 193 Å². The summed E-state index contributed by atoms with van der Waals surface area (Å²) in [7, 11) is 0. The Morgan fingerprint density at radius 2 is 1.26 bits per heavy atom. The molecule has 0 saturated carbocycles. The van der Waals surface area contributed by atoms with Gasteiger partial charge >= 0.3 is 6.18 Å². The van der Waals surface area contributed by atoms with E-state index in [1.165, 1.54) is 12.1 Å². The number of nitrogens with one attached hydrogen (secondary N) is 2. The second-order valence-corrected chi connectivity index (χ2v) is 18.5. The number of rotatable bonds is 15. The molecular formula is C62H56F3N11. The van der Waals surface area contributed by atoms with Crippen LogP contribution in [-0.2, 0) is 6.18 Å². The molecule has 3 aromatic heterocycles. The van der Waals surface area contributed by atoms with Gasteiger partial charge in [0.1, 0.15) is 23.3 Å². The summed E-state index contributed by atoms with van der Waals surface area (Å²) in [4.78, 5) is 34.9. The van der Waals surface area contributed by atoms with E-state index < -0.39 is 11.7 Å². The second kappa shape index (κ2) is 22.1. The van der Waals surface area contributed by atoms with Crippen LogP contribution in [0.25, 0.3) is 84.2 Å². The molecule has 11 nitrogen and oxygen atoms in total. The van der Waals surface area contributed by atoms with Crippen molar-refractivity contribution in [1.29, 1.82) is 5.41 Å². The van der Waals surface area contributed by atoms with E-state index in [0.29, 0.717) is 81.8 Å². The van der Waals surface area contributed by atoms with Gasteiger partial charge in [0, 0.05) is 62.2 Å². The standard InChI is InChI=1S/C62H56F3N11/c1-9-10-19-39(3)75(40(4)27-26-38(2)37-67-42(6)68-41(5)66)56-33-29-48(62(63,64)65)35-54(56)52-36-49(30-31-51(52)61-73-58(45-20-13-11-14-21-45)72-59(74-61)46-22-15-12-16-23-46)76-55-25-18-17-24-50(55)53-34-47(28-32-57(53)76)60-70-43(7)69-44(8)71-60/h10-36,38H,3-4,9,37H2,1-2,5-8H3,(H2,66,67,68)/b19-10-,27-26-. The Hall–Kier alpha value is -9.17. The van der Waals surface area contributed by atoms with Gasteiger partial charge in [0.05, 0.1) is 22.3 Å². The number of aromatic nitrogens is 7. The Balaban J connectivity index is 1.32. The zero-order valence-corrected chi connectivity index (χ0v) is 43.2. The number of fused-ring (bicyclic) bond motifs is 3. The van der Waals surface area contributed by atoms with E-state index in [4.69, 9.17) is 20.4 Å². The number of benzene rings is 6. The van der Waals surface area contributed by atoms with Crippen molar-refractivity contribution < 1.29 is 13.2 Å². The number of hydrogen-bond donors (Lipinski definition) is 2. The Kier molecular flexibility index (Phi) is 15.1. The number of aliphatic imine (C=N–C) groups is 1. The lowest BCUT2D eigenvalue weighted by molar-refractivity contribution is -0.137. The molecule has 0 aliphatic carbocycles. The van der Waals surface area contributed by atoms with Gasteiger partial charge in [0.25, 0.3) is 0 Å². The summed E-state index contributed by atoms with van der Waals surface area (Å²) in [6.45, 7) is 20.6. The topological polar surface area (TPSA) is 134 Å². The number of nitrogens with zero attached hydrogens (tertiary/aromatic N) is 9. The van der Waals surface area contributed by atoms with Gasteiger partial charge in [-0.25, -0.2) is 34.9 Å². The van der Waals surface area contributed by atoms with Gasteiger partial charge in [-0.05, 0) is 118 Å². The van der Waals surface area contributed by atoms with E-state index in [-0.39, 0.29) is 23.1 Å². The quantitative estimate of drug-likeness (QED) is 0.0589. The van der Waals surface area contributed by atoms with E-state index in [9.17, 15) is 0 Å². The molecule has 0 bridgehead atoms. The van der Waals surface area contributed by atoms with E-state index >= 15 is 13.2 Å². The van der Waals surface area contributed by atoms with Crippen LogP contribution < -0.4 is 10.2 Å². The lowest BCUT2D eigenvalue weighted by Crippen LogP contribution is -2.26. The third kappa shape index (κ3) is 11.3. The third-order valence-electron chi connectivity index (χ3n) is 12.6. The molecule has 0 aliphatic rings. The zero-order valence-electron chi connectivity index (χ0n) is 43.2. The van der Waals surface area contributed by atoms with Crippen LogP contribution in [0.1, 0.15) is 51.3 Å². The first-order valence-corrected chi connectivity index (χ1v) is 24.9. The monoisotopic (exact) mass is 1010 g/mol. The first kappa shape index (κ1) is 51.7. The number of aryl methyl sites for hydroxylation is 2. The Labute approximate surface area is 440 Å². The highest BCUT2D eigenvalue weighted by molar-refractivity contribution is 6.10. The Morgan fingerprint density at radius 1 is 0.658 bits per heavy atom. The van der Waals surface area contributed by atoms with Crippen molar-refractivity contribution in [2.75, 3.05) is 11.4 Å². The molecule has 0 fully saturated rings. The molecule has 3 heterocycles. The van der Waals surface area contributed by atoms with Crippen molar-refractivity contribution in [2.24, 2.45) is 10.9 Å². The highest BCUT2D eigenvalue weighted by atomic mass is 19.4. The summed E-state index contributed by atoms with van der Waals surface area (Å²) in [5.41, 5.74) is 6.22. The molecule has 1 unspecified atom stereocenters. The van der Waals surface area contributed by atoms with Gasteiger partial charge in [-0.1, -0.05) is 118 Å². The average molecular weight is 1010 g/mol. The van der Waals surface area contributed by atoms with Crippen molar-refractivity contribution in [3.63, 3.8) is 0 Å². The fourth-order valence-corrected chi connectivity index (χ4v) is 9.12. The van der Waals surface area contributed by atoms with E-state index in [0.717, 1.165) is 44.6 Å². The molecule has 2 N–H and O–H groups in total. The number of halogens is 3. The van der Waals surface area contributed by atoms with Crippen LogP contribution in [0.4, 0.5) is 18.9 Å². The lowest BCUT2D eigenvalue weighted by atomic mass is 9.93. The predicted molar refractivity (Wildman–Crippen MR) is 302 cm³/mol. The minimum atomic E-state index is -4.72. The fraction of sp³-hybridized carbons (Fsp3) is 0.161. The lowest BCUT2D eigenvalue weighted by Gasteiger charge is -2.30. The van der Waals surface area contributed by atoms with Crippen molar-refractivity contribution in [3.05, 3.63) is 206 Å². The van der Waals surface area contributed by atoms with Crippen LogP contribution in [0.2, 0.25) is 0 Å². The first-order chi connectivity index (χ1) is 36.6. The van der Waals surface area contributed by atoms with Crippen molar-refractivity contribution in [2.45, 2.75) is 54.1 Å². The van der Waals surface area contributed by atoms with Crippen LogP contribution in [0.5, 0.6) is 0 Å². The summed E-state index contributed by atoms with van der Waals surface area (Å²) in [6, 6.07) is 42.7. The molecule has 0 aliphatic heterocycles. The minimum absolute atomic E-state index is 0.0428. The highest BCUT2D eigenvalue weighted by Crippen LogP contribution is 2.45. The van der Waals surface area contributed by atoms with Gasteiger partial charge in [-0.15, -0.1) is 0 Å². The highest BCUT2D eigenvalue weighted by Gasteiger charge is 2.33. The largest absolute Gasteiger partial charge is 0.416 e. The number of para-hydroxylation sites is 1. The maximum atomic E-state index is 15.3. The predicted octanol–water partition coefficient (Wildman–Crippen LogP) is 15.1. The smallest absolute Gasteiger partial charge is 0.373 e. The fourth-order valence-electron chi connectivity index (χ4n) is 9.12. The number of allylic oxidation sites excluding steroid dienone is 3. The number of amidine groups is 2. The molecule has 14 heteroatoms. The van der Waals surface area contributed by atoms with Crippen molar-refractivity contribution in [3.8, 4) is 62.4 Å².